The number of carboxylic acid groups (broad SMARTS) is 1. The van der Waals surface area contributed by atoms with E-state index in [1.54, 1.807) is 0 Å². The van der Waals surface area contributed by atoms with Crippen molar-refractivity contribution in [2.45, 2.75) is 44.4 Å². The molecule has 21 heavy (non-hydrogen) atoms. The number of hydrogen-bond acceptors (Lipinski definition) is 2. The highest BCUT2D eigenvalue weighted by molar-refractivity contribution is 5.70. The second kappa shape index (κ2) is 6.47. The van der Waals surface area contributed by atoms with Gasteiger partial charge in [-0.3, -0.25) is 4.79 Å². The summed E-state index contributed by atoms with van der Waals surface area (Å²) in [5, 5.41) is 12.2. The van der Waals surface area contributed by atoms with E-state index in [0.717, 1.165) is 30.5 Å². The molecule has 0 bridgehead atoms. The second-order valence-electron chi connectivity index (χ2n) is 5.46. The van der Waals surface area contributed by atoms with Crippen molar-refractivity contribution < 1.29 is 23.1 Å². The van der Waals surface area contributed by atoms with Gasteiger partial charge in [0, 0.05) is 12.6 Å². The van der Waals surface area contributed by atoms with Gasteiger partial charge >= 0.3 is 12.1 Å². The summed E-state index contributed by atoms with van der Waals surface area (Å²) in [6.07, 6.45) is -1.42. The number of hydrogen-bond donors (Lipinski definition) is 2. The van der Waals surface area contributed by atoms with Gasteiger partial charge in [0.1, 0.15) is 0 Å². The first-order chi connectivity index (χ1) is 9.86. The Kier molecular flexibility index (Phi) is 4.88. The molecular weight excluding hydrogens is 283 g/mol. The predicted octanol–water partition coefficient (Wildman–Crippen LogP) is 3.44. The number of nitrogens with one attached hydrogen (secondary N) is 1. The molecule has 1 aromatic carbocycles. The van der Waals surface area contributed by atoms with Gasteiger partial charge in [0.05, 0.1) is 11.5 Å². The number of carboxylic acids is 1. The molecule has 0 radical (unpaired) electrons. The summed E-state index contributed by atoms with van der Waals surface area (Å²) in [6, 6.07) is 5.34. The summed E-state index contributed by atoms with van der Waals surface area (Å²) in [7, 11) is 0. The van der Waals surface area contributed by atoms with Crippen molar-refractivity contribution in [3.8, 4) is 0 Å². The molecule has 0 aliphatic heterocycles. The maximum Gasteiger partial charge on any atom is 0.416 e. The molecule has 2 rings (SSSR count). The van der Waals surface area contributed by atoms with Crippen LogP contribution in [0, 0.1) is 5.92 Å². The molecule has 1 fully saturated rings. The zero-order valence-electron chi connectivity index (χ0n) is 11.5. The summed E-state index contributed by atoms with van der Waals surface area (Å²) < 4.78 is 37.3. The molecule has 0 heterocycles. The van der Waals surface area contributed by atoms with Gasteiger partial charge in [0.25, 0.3) is 0 Å². The monoisotopic (exact) mass is 301 g/mol. The van der Waals surface area contributed by atoms with E-state index in [9.17, 15) is 18.0 Å². The first-order valence-corrected chi connectivity index (χ1v) is 6.98. The van der Waals surface area contributed by atoms with Crippen molar-refractivity contribution in [2.24, 2.45) is 5.92 Å². The lowest BCUT2D eigenvalue weighted by molar-refractivity contribution is -0.143. The van der Waals surface area contributed by atoms with Crippen molar-refractivity contribution in [2.75, 3.05) is 0 Å². The van der Waals surface area contributed by atoms with Crippen LogP contribution in [0.25, 0.3) is 0 Å². The lowest BCUT2D eigenvalue weighted by atomic mass is 9.86. The van der Waals surface area contributed by atoms with Crippen LogP contribution in [0.4, 0.5) is 13.2 Å². The Morgan fingerprint density at radius 3 is 2.19 bits per heavy atom. The molecule has 2 N–H and O–H groups in total. The molecule has 0 atom stereocenters. The Labute approximate surface area is 121 Å². The molecule has 1 aromatic rings. The van der Waals surface area contributed by atoms with E-state index in [-0.39, 0.29) is 12.0 Å². The third-order valence-corrected chi connectivity index (χ3v) is 3.95. The molecule has 0 amide bonds. The normalized spacial score (nSPS) is 23.0. The fraction of sp³-hybridized carbons (Fsp3) is 0.533. The topological polar surface area (TPSA) is 49.3 Å². The lowest BCUT2D eigenvalue weighted by Gasteiger charge is -2.27. The number of alkyl halides is 3. The Morgan fingerprint density at radius 1 is 1.14 bits per heavy atom. The van der Waals surface area contributed by atoms with Crippen LogP contribution in [0.1, 0.15) is 36.8 Å². The van der Waals surface area contributed by atoms with Gasteiger partial charge < -0.3 is 10.4 Å². The van der Waals surface area contributed by atoms with Crippen LogP contribution in [-0.2, 0) is 17.5 Å². The van der Waals surface area contributed by atoms with E-state index >= 15 is 0 Å². The van der Waals surface area contributed by atoms with E-state index in [1.807, 2.05) is 0 Å². The van der Waals surface area contributed by atoms with Gasteiger partial charge in [-0.05, 0) is 43.4 Å². The van der Waals surface area contributed by atoms with Crippen LogP contribution < -0.4 is 5.32 Å². The zero-order valence-corrected chi connectivity index (χ0v) is 11.5. The summed E-state index contributed by atoms with van der Waals surface area (Å²) in [4.78, 5) is 10.8. The minimum Gasteiger partial charge on any atom is -0.481 e. The van der Waals surface area contributed by atoms with Crippen LogP contribution in [0.2, 0.25) is 0 Å². The van der Waals surface area contributed by atoms with E-state index in [4.69, 9.17) is 5.11 Å². The van der Waals surface area contributed by atoms with Crippen molar-refractivity contribution in [1.82, 2.24) is 5.32 Å². The maximum absolute atomic E-state index is 12.4. The van der Waals surface area contributed by atoms with Gasteiger partial charge in [-0.25, -0.2) is 0 Å². The summed E-state index contributed by atoms with van der Waals surface area (Å²) in [5.74, 6) is -0.995. The molecule has 3 nitrogen and oxygen atoms in total. The second-order valence-corrected chi connectivity index (χ2v) is 5.46. The summed E-state index contributed by atoms with van der Waals surface area (Å²) in [5.41, 5.74) is 0.150. The van der Waals surface area contributed by atoms with Crippen molar-refractivity contribution in [3.63, 3.8) is 0 Å². The average Bonchev–Trinajstić information content (AvgIpc) is 2.45. The lowest BCUT2D eigenvalue weighted by Crippen LogP contribution is -2.34. The smallest absolute Gasteiger partial charge is 0.416 e. The maximum atomic E-state index is 12.4. The molecule has 116 valence electrons. The third-order valence-electron chi connectivity index (χ3n) is 3.95. The Balaban J connectivity index is 1.80. The van der Waals surface area contributed by atoms with Gasteiger partial charge in [-0.2, -0.15) is 13.2 Å². The van der Waals surface area contributed by atoms with Gasteiger partial charge in [-0.1, -0.05) is 12.1 Å². The SMILES string of the molecule is O=C(O)C1CCC(NCc2ccc(C(F)(F)F)cc2)CC1. The summed E-state index contributed by atoms with van der Waals surface area (Å²) in [6.45, 7) is 0.501. The number of carbonyl (C=O) groups is 1. The molecule has 0 unspecified atom stereocenters. The highest BCUT2D eigenvalue weighted by Gasteiger charge is 2.30. The Hall–Kier alpha value is -1.56. The molecule has 0 aromatic heterocycles. The molecular formula is C15H18F3NO2. The van der Waals surface area contributed by atoms with E-state index in [1.165, 1.54) is 12.1 Å². The third kappa shape index (κ3) is 4.46. The molecule has 6 heteroatoms. The number of aliphatic carboxylic acids is 1. The van der Waals surface area contributed by atoms with Crippen LogP contribution in [0.3, 0.4) is 0 Å². The Morgan fingerprint density at radius 2 is 1.71 bits per heavy atom. The zero-order chi connectivity index (χ0) is 15.5. The standard InChI is InChI=1S/C15H18F3NO2/c16-15(17,18)12-5-1-10(2-6-12)9-19-13-7-3-11(4-8-13)14(20)21/h1-2,5-6,11,13,19H,3-4,7-9H2,(H,20,21). The molecule has 1 aliphatic rings. The van der Waals surface area contributed by atoms with Crippen molar-refractivity contribution >= 4 is 5.97 Å². The largest absolute Gasteiger partial charge is 0.481 e. The minimum atomic E-state index is -4.30. The van der Waals surface area contributed by atoms with Gasteiger partial charge in [-0.15, -0.1) is 0 Å². The van der Waals surface area contributed by atoms with Gasteiger partial charge in [0.2, 0.25) is 0 Å². The minimum absolute atomic E-state index is 0.239. The molecule has 0 saturated heterocycles. The first-order valence-electron chi connectivity index (χ1n) is 6.98. The van der Waals surface area contributed by atoms with Crippen LogP contribution in [0.15, 0.2) is 24.3 Å². The predicted molar refractivity (Wildman–Crippen MR) is 71.7 cm³/mol. The highest BCUT2D eigenvalue weighted by Crippen LogP contribution is 2.29. The quantitative estimate of drug-likeness (QED) is 0.895. The first kappa shape index (κ1) is 15.8. The summed E-state index contributed by atoms with van der Waals surface area (Å²) >= 11 is 0. The van der Waals surface area contributed by atoms with Crippen LogP contribution in [-0.4, -0.2) is 17.1 Å². The van der Waals surface area contributed by atoms with Crippen molar-refractivity contribution in [3.05, 3.63) is 35.4 Å². The average molecular weight is 301 g/mol. The number of halogens is 3. The van der Waals surface area contributed by atoms with Crippen LogP contribution in [0.5, 0.6) is 0 Å². The fourth-order valence-corrected chi connectivity index (χ4v) is 2.62. The van der Waals surface area contributed by atoms with Crippen molar-refractivity contribution in [1.29, 1.82) is 0 Å². The highest BCUT2D eigenvalue weighted by atomic mass is 19.4. The number of benzene rings is 1. The molecule has 0 spiro atoms. The van der Waals surface area contributed by atoms with E-state index < -0.39 is 17.7 Å². The molecule has 1 saturated carbocycles. The van der Waals surface area contributed by atoms with Gasteiger partial charge in [0.15, 0.2) is 0 Å². The van der Waals surface area contributed by atoms with E-state index in [2.05, 4.69) is 5.32 Å². The Bertz CT molecular complexity index is 477. The van der Waals surface area contributed by atoms with Crippen LogP contribution >= 0.6 is 0 Å². The number of rotatable bonds is 4. The van der Waals surface area contributed by atoms with E-state index in [0.29, 0.717) is 19.4 Å². The fourth-order valence-electron chi connectivity index (χ4n) is 2.62. The molecule has 1 aliphatic carbocycles.